The molecule has 2 rings (SSSR count). The van der Waals surface area contributed by atoms with Crippen molar-refractivity contribution in [3.63, 3.8) is 0 Å². The number of hydrogen-bond donors (Lipinski definition) is 3. The number of nitrogens with zero attached hydrogens (tertiary/aromatic N) is 1. The maximum atomic E-state index is 13.1. The number of amides is 1. The minimum atomic E-state index is -1.82. The standard InChI is InChI=1S/C23H34N2O5.C2H2O4/c1-22(2,3)29-19(26)12-11-16-9-7-8-10-18(16)25-14-13-24-17(21(25)28)15-20(27)30-23(4,5)6;3-1(4)2(5)6/h7-10,17,24H,11-15H2,1-6H3;(H,3,4)(H,5,6). The van der Waals surface area contributed by atoms with Crippen molar-refractivity contribution in [2.45, 2.75) is 78.0 Å². The molecule has 200 valence electrons. The lowest BCUT2D eigenvalue weighted by molar-refractivity contribution is -0.159. The molecule has 1 aliphatic rings. The third-order valence-corrected chi connectivity index (χ3v) is 4.56. The van der Waals surface area contributed by atoms with Gasteiger partial charge in [-0.05, 0) is 59.6 Å². The molecule has 36 heavy (non-hydrogen) atoms. The van der Waals surface area contributed by atoms with Gasteiger partial charge in [0.05, 0.1) is 12.5 Å². The van der Waals surface area contributed by atoms with E-state index in [1.165, 1.54) is 0 Å². The van der Waals surface area contributed by atoms with Crippen molar-refractivity contribution < 1.29 is 43.7 Å². The fourth-order valence-electron chi connectivity index (χ4n) is 3.30. The Bertz CT molecular complexity index is 949. The Labute approximate surface area is 210 Å². The minimum Gasteiger partial charge on any atom is -0.473 e. The maximum absolute atomic E-state index is 13.1. The number of carboxylic acids is 2. The summed E-state index contributed by atoms with van der Waals surface area (Å²) in [5, 5.41) is 17.9. The molecular formula is C25H36N2O9. The summed E-state index contributed by atoms with van der Waals surface area (Å²) in [6.45, 7) is 12.0. The number of rotatable bonds is 6. The lowest BCUT2D eigenvalue weighted by atomic mass is 10.0. The van der Waals surface area contributed by atoms with Crippen LogP contribution in [0.4, 0.5) is 5.69 Å². The van der Waals surface area contributed by atoms with Crippen molar-refractivity contribution >= 4 is 35.5 Å². The summed E-state index contributed by atoms with van der Waals surface area (Å²) in [5.74, 6) is -4.50. The summed E-state index contributed by atoms with van der Waals surface area (Å²) in [7, 11) is 0. The van der Waals surface area contributed by atoms with E-state index in [-0.39, 0.29) is 24.7 Å². The molecule has 0 aromatic heterocycles. The number of carbonyl (C=O) groups is 5. The summed E-state index contributed by atoms with van der Waals surface area (Å²) in [5.41, 5.74) is 0.541. The third kappa shape index (κ3) is 11.3. The van der Waals surface area contributed by atoms with Gasteiger partial charge in [-0.15, -0.1) is 0 Å². The predicted octanol–water partition coefficient (Wildman–Crippen LogP) is 2.15. The second-order valence-corrected chi connectivity index (χ2v) is 10.1. The van der Waals surface area contributed by atoms with Crippen LogP contribution in [-0.2, 0) is 39.9 Å². The van der Waals surface area contributed by atoms with Gasteiger partial charge in [0.15, 0.2) is 0 Å². The van der Waals surface area contributed by atoms with Crippen molar-refractivity contribution in [2.75, 3.05) is 18.0 Å². The zero-order valence-corrected chi connectivity index (χ0v) is 21.6. The molecule has 1 atom stereocenters. The topological polar surface area (TPSA) is 160 Å². The Balaban J connectivity index is 0.000000960. The number of aryl methyl sites for hydroxylation is 1. The predicted molar refractivity (Wildman–Crippen MR) is 130 cm³/mol. The lowest BCUT2D eigenvalue weighted by Crippen LogP contribution is -2.56. The second kappa shape index (κ2) is 13.0. The zero-order chi connectivity index (χ0) is 27.7. The van der Waals surface area contributed by atoms with E-state index in [4.69, 9.17) is 29.3 Å². The van der Waals surface area contributed by atoms with Gasteiger partial charge >= 0.3 is 23.9 Å². The second-order valence-electron chi connectivity index (χ2n) is 10.1. The minimum absolute atomic E-state index is 0.0212. The molecule has 1 fully saturated rings. The molecule has 0 radical (unpaired) electrons. The zero-order valence-electron chi connectivity index (χ0n) is 21.6. The highest BCUT2D eigenvalue weighted by Crippen LogP contribution is 2.25. The van der Waals surface area contributed by atoms with Crippen LogP contribution in [0.1, 0.15) is 59.9 Å². The van der Waals surface area contributed by atoms with Crippen molar-refractivity contribution in [3.05, 3.63) is 29.8 Å². The number of benzene rings is 1. The van der Waals surface area contributed by atoms with E-state index < -0.39 is 35.2 Å². The fraction of sp³-hybridized carbons (Fsp3) is 0.560. The number of esters is 2. The molecular weight excluding hydrogens is 472 g/mol. The Morgan fingerprint density at radius 2 is 1.47 bits per heavy atom. The number of carbonyl (C=O) groups excluding carboxylic acids is 3. The Morgan fingerprint density at radius 3 is 2.00 bits per heavy atom. The molecule has 1 amide bonds. The highest BCUT2D eigenvalue weighted by molar-refractivity contribution is 6.27. The normalized spacial score (nSPS) is 15.9. The molecule has 0 saturated carbocycles. The Hall–Kier alpha value is -3.47. The number of aliphatic carboxylic acids is 2. The lowest BCUT2D eigenvalue weighted by Gasteiger charge is -2.34. The Kier molecular flexibility index (Phi) is 11.0. The molecule has 3 N–H and O–H groups in total. The smallest absolute Gasteiger partial charge is 0.414 e. The summed E-state index contributed by atoms with van der Waals surface area (Å²) in [6, 6.07) is 6.91. The van der Waals surface area contributed by atoms with E-state index in [2.05, 4.69) is 5.32 Å². The molecule has 1 aromatic rings. The van der Waals surface area contributed by atoms with Gasteiger partial charge < -0.3 is 29.9 Å². The van der Waals surface area contributed by atoms with Gasteiger partial charge in [0.25, 0.3) is 0 Å². The quantitative estimate of drug-likeness (QED) is 0.384. The molecule has 0 aliphatic carbocycles. The molecule has 0 bridgehead atoms. The van der Waals surface area contributed by atoms with E-state index in [9.17, 15) is 14.4 Å². The van der Waals surface area contributed by atoms with Gasteiger partial charge in [-0.2, -0.15) is 0 Å². The summed E-state index contributed by atoms with van der Waals surface area (Å²) < 4.78 is 10.7. The van der Waals surface area contributed by atoms with Crippen LogP contribution in [0, 0.1) is 0 Å². The number of carboxylic acid groups (broad SMARTS) is 2. The number of nitrogens with one attached hydrogen (secondary N) is 1. The fourth-order valence-corrected chi connectivity index (χ4v) is 3.30. The number of hydrogen-bond acceptors (Lipinski definition) is 8. The van der Waals surface area contributed by atoms with Crippen LogP contribution in [0.25, 0.3) is 0 Å². The van der Waals surface area contributed by atoms with Crippen molar-refractivity contribution in [2.24, 2.45) is 0 Å². The number of para-hydroxylation sites is 1. The van der Waals surface area contributed by atoms with Crippen molar-refractivity contribution in [3.8, 4) is 0 Å². The van der Waals surface area contributed by atoms with Gasteiger partial charge in [-0.3, -0.25) is 14.4 Å². The van der Waals surface area contributed by atoms with Crippen LogP contribution < -0.4 is 10.2 Å². The molecule has 1 aromatic carbocycles. The first-order valence-corrected chi connectivity index (χ1v) is 11.5. The molecule has 11 nitrogen and oxygen atoms in total. The van der Waals surface area contributed by atoms with Crippen LogP contribution in [0.3, 0.4) is 0 Å². The number of anilines is 1. The van der Waals surface area contributed by atoms with E-state index in [0.29, 0.717) is 19.5 Å². The van der Waals surface area contributed by atoms with Crippen LogP contribution in [0.5, 0.6) is 0 Å². The third-order valence-electron chi connectivity index (χ3n) is 4.56. The molecule has 0 spiro atoms. The average Bonchev–Trinajstić information content (AvgIpc) is 2.72. The maximum Gasteiger partial charge on any atom is 0.414 e. The van der Waals surface area contributed by atoms with Gasteiger partial charge in [0, 0.05) is 25.2 Å². The first-order chi connectivity index (χ1) is 16.5. The first-order valence-electron chi connectivity index (χ1n) is 11.5. The van der Waals surface area contributed by atoms with Gasteiger partial charge in [-0.1, -0.05) is 18.2 Å². The summed E-state index contributed by atoms with van der Waals surface area (Å²) in [6.07, 6.45) is 0.682. The SMILES string of the molecule is CC(C)(C)OC(=O)CCc1ccccc1N1CCNC(CC(=O)OC(C)(C)C)C1=O.O=C(O)C(=O)O. The monoisotopic (exact) mass is 508 g/mol. The number of ether oxygens (including phenoxy) is 2. The summed E-state index contributed by atoms with van der Waals surface area (Å²) >= 11 is 0. The first kappa shape index (κ1) is 30.6. The highest BCUT2D eigenvalue weighted by atomic mass is 16.6. The van der Waals surface area contributed by atoms with Gasteiger partial charge in [0.1, 0.15) is 11.2 Å². The van der Waals surface area contributed by atoms with E-state index in [0.717, 1.165) is 11.3 Å². The van der Waals surface area contributed by atoms with Crippen LogP contribution >= 0.6 is 0 Å². The molecule has 1 saturated heterocycles. The van der Waals surface area contributed by atoms with E-state index in [1.54, 1.807) is 25.7 Å². The molecule has 11 heteroatoms. The van der Waals surface area contributed by atoms with Gasteiger partial charge in [-0.25, -0.2) is 9.59 Å². The van der Waals surface area contributed by atoms with Crippen LogP contribution in [0.2, 0.25) is 0 Å². The molecule has 1 unspecified atom stereocenters. The Morgan fingerprint density at radius 1 is 0.944 bits per heavy atom. The summed E-state index contributed by atoms with van der Waals surface area (Å²) in [4.78, 5) is 57.3. The average molecular weight is 509 g/mol. The largest absolute Gasteiger partial charge is 0.473 e. The van der Waals surface area contributed by atoms with E-state index >= 15 is 0 Å². The number of piperazine rings is 1. The van der Waals surface area contributed by atoms with Crippen LogP contribution in [-0.4, -0.2) is 70.3 Å². The van der Waals surface area contributed by atoms with Gasteiger partial charge in [0.2, 0.25) is 5.91 Å². The molecule has 1 heterocycles. The highest BCUT2D eigenvalue weighted by Gasteiger charge is 2.33. The van der Waals surface area contributed by atoms with Crippen LogP contribution in [0.15, 0.2) is 24.3 Å². The molecule has 1 aliphatic heterocycles. The van der Waals surface area contributed by atoms with Crippen molar-refractivity contribution in [1.29, 1.82) is 0 Å². The van der Waals surface area contributed by atoms with E-state index in [1.807, 2.05) is 45.0 Å². The van der Waals surface area contributed by atoms with Crippen molar-refractivity contribution in [1.82, 2.24) is 5.32 Å².